The van der Waals surface area contributed by atoms with E-state index in [9.17, 15) is 0 Å². The van der Waals surface area contributed by atoms with Gasteiger partial charge in [-0.1, -0.05) is 18.2 Å². The number of fused-ring (bicyclic) bond motifs is 3. The summed E-state index contributed by atoms with van der Waals surface area (Å²) in [6.45, 7) is 5.85. The third-order valence-corrected chi connectivity index (χ3v) is 5.04. The fraction of sp³-hybridized carbons (Fsp3) is 0.333. The smallest absolute Gasteiger partial charge is 0.161 e. The van der Waals surface area contributed by atoms with Crippen LogP contribution in [-0.4, -0.2) is 25.2 Å². The fourth-order valence-electron chi connectivity index (χ4n) is 3.87. The highest BCUT2D eigenvalue weighted by molar-refractivity contribution is 5.84. The van der Waals surface area contributed by atoms with Crippen LogP contribution in [0.4, 0.5) is 0 Å². The molecule has 0 bridgehead atoms. The highest BCUT2D eigenvalue weighted by Gasteiger charge is 2.23. The second-order valence-corrected chi connectivity index (χ2v) is 6.65. The van der Waals surface area contributed by atoms with Gasteiger partial charge in [-0.05, 0) is 36.8 Å². The summed E-state index contributed by atoms with van der Waals surface area (Å²) >= 11 is 0. The lowest BCUT2D eigenvalue weighted by Gasteiger charge is -2.24. The molecule has 1 aliphatic rings. The van der Waals surface area contributed by atoms with E-state index in [-0.39, 0.29) is 0 Å². The van der Waals surface area contributed by atoms with Gasteiger partial charge < -0.3 is 19.4 Å². The van der Waals surface area contributed by atoms with Crippen LogP contribution in [0.2, 0.25) is 0 Å². The largest absolute Gasteiger partial charge is 0.493 e. The van der Waals surface area contributed by atoms with E-state index in [0.29, 0.717) is 6.61 Å². The van der Waals surface area contributed by atoms with E-state index in [2.05, 4.69) is 41.4 Å². The number of H-pyrrole nitrogens is 1. The van der Waals surface area contributed by atoms with Crippen molar-refractivity contribution in [1.29, 1.82) is 0 Å². The first-order valence-electron chi connectivity index (χ1n) is 9.00. The van der Waals surface area contributed by atoms with Crippen LogP contribution in [0.3, 0.4) is 0 Å². The molecule has 0 saturated carbocycles. The minimum Gasteiger partial charge on any atom is -0.493 e. The summed E-state index contributed by atoms with van der Waals surface area (Å²) in [5.41, 5.74) is 5.45. The number of quaternary nitrogens is 1. The monoisotopic (exact) mass is 337 g/mol. The third-order valence-electron chi connectivity index (χ3n) is 5.04. The first-order chi connectivity index (χ1) is 12.3. The van der Waals surface area contributed by atoms with E-state index in [1.807, 2.05) is 13.0 Å². The van der Waals surface area contributed by atoms with Crippen LogP contribution in [0.1, 0.15) is 23.7 Å². The molecule has 1 aromatic heterocycles. The Morgan fingerprint density at radius 2 is 2.00 bits per heavy atom. The molecule has 4 heteroatoms. The van der Waals surface area contributed by atoms with E-state index in [0.717, 1.165) is 37.6 Å². The molecule has 2 heterocycles. The molecule has 0 spiro atoms. The number of ether oxygens (including phenoxy) is 2. The lowest BCUT2D eigenvalue weighted by atomic mass is 10.0. The first-order valence-corrected chi connectivity index (χ1v) is 9.00. The molecule has 1 atom stereocenters. The topological polar surface area (TPSA) is 38.7 Å². The molecule has 25 heavy (non-hydrogen) atoms. The summed E-state index contributed by atoms with van der Waals surface area (Å²) in [6.07, 6.45) is 1.13. The predicted molar refractivity (Wildman–Crippen MR) is 99.4 cm³/mol. The van der Waals surface area contributed by atoms with E-state index in [1.54, 1.807) is 12.0 Å². The third kappa shape index (κ3) is 3.10. The zero-order valence-electron chi connectivity index (χ0n) is 14.9. The molecule has 130 valence electrons. The van der Waals surface area contributed by atoms with E-state index in [4.69, 9.17) is 9.47 Å². The molecule has 0 saturated heterocycles. The number of methoxy groups -OCH3 is 1. The van der Waals surface area contributed by atoms with Crippen LogP contribution in [0.5, 0.6) is 11.5 Å². The number of rotatable bonds is 5. The normalized spacial score (nSPS) is 16.6. The number of hydrogen-bond donors (Lipinski definition) is 2. The van der Waals surface area contributed by atoms with Crippen LogP contribution in [0.15, 0.2) is 42.5 Å². The maximum absolute atomic E-state index is 5.71. The van der Waals surface area contributed by atoms with Crippen LogP contribution in [-0.2, 0) is 19.5 Å². The Morgan fingerprint density at radius 3 is 2.84 bits per heavy atom. The molecule has 1 unspecified atom stereocenters. The highest BCUT2D eigenvalue weighted by Crippen LogP contribution is 2.28. The molecule has 2 aromatic carbocycles. The number of benzene rings is 2. The Labute approximate surface area is 148 Å². The molecule has 1 aliphatic heterocycles. The molecular weight excluding hydrogens is 312 g/mol. The van der Waals surface area contributed by atoms with Crippen molar-refractivity contribution < 1.29 is 14.4 Å². The Hall–Kier alpha value is -2.46. The van der Waals surface area contributed by atoms with Crippen LogP contribution >= 0.6 is 0 Å². The average molecular weight is 337 g/mol. The molecule has 4 nitrogen and oxygen atoms in total. The van der Waals surface area contributed by atoms with Crippen molar-refractivity contribution in [3.63, 3.8) is 0 Å². The molecule has 0 fully saturated rings. The van der Waals surface area contributed by atoms with Gasteiger partial charge in [0.25, 0.3) is 0 Å². The maximum atomic E-state index is 5.71. The van der Waals surface area contributed by atoms with Gasteiger partial charge in [-0.25, -0.2) is 0 Å². The van der Waals surface area contributed by atoms with Gasteiger partial charge in [0.2, 0.25) is 0 Å². The number of hydrogen-bond acceptors (Lipinski definition) is 2. The van der Waals surface area contributed by atoms with Crippen LogP contribution in [0.25, 0.3) is 10.9 Å². The van der Waals surface area contributed by atoms with Crippen LogP contribution < -0.4 is 14.4 Å². The quantitative estimate of drug-likeness (QED) is 0.751. The first kappa shape index (κ1) is 16.0. The zero-order chi connectivity index (χ0) is 17.2. The van der Waals surface area contributed by atoms with Gasteiger partial charge in [0, 0.05) is 22.9 Å². The van der Waals surface area contributed by atoms with E-state index >= 15 is 0 Å². The Morgan fingerprint density at radius 1 is 1.12 bits per heavy atom. The second-order valence-electron chi connectivity index (χ2n) is 6.65. The molecule has 0 aliphatic carbocycles. The number of nitrogens with one attached hydrogen (secondary N) is 2. The standard InChI is InChI=1S/C21H24N2O2/c1-3-25-21-12-15(8-9-20(21)24-2)13-23-11-10-17-16-6-4-5-7-18(16)22-19(17)14-23/h4-9,12,22H,3,10-11,13-14H2,1-2H3/p+1. The molecule has 0 radical (unpaired) electrons. The minimum absolute atomic E-state index is 0.648. The van der Waals surface area contributed by atoms with E-state index in [1.165, 1.54) is 27.7 Å². The van der Waals surface area contributed by atoms with Crippen LogP contribution in [0, 0.1) is 0 Å². The highest BCUT2D eigenvalue weighted by atomic mass is 16.5. The van der Waals surface area contributed by atoms with Crippen molar-refractivity contribution in [1.82, 2.24) is 4.98 Å². The maximum Gasteiger partial charge on any atom is 0.161 e. The second kappa shape index (κ2) is 6.81. The summed E-state index contributed by atoms with van der Waals surface area (Å²) in [5, 5.41) is 1.39. The van der Waals surface area contributed by atoms with Crippen molar-refractivity contribution >= 4 is 10.9 Å². The van der Waals surface area contributed by atoms with E-state index < -0.39 is 0 Å². The summed E-state index contributed by atoms with van der Waals surface area (Å²) in [5.74, 6) is 1.64. The van der Waals surface area contributed by atoms with Gasteiger partial charge in [0.15, 0.2) is 11.5 Å². The van der Waals surface area contributed by atoms with Gasteiger partial charge >= 0.3 is 0 Å². The molecule has 3 aromatic rings. The van der Waals surface area contributed by atoms with Gasteiger partial charge in [-0.3, -0.25) is 0 Å². The summed E-state index contributed by atoms with van der Waals surface area (Å²) in [4.78, 5) is 5.19. The number of aromatic nitrogens is 1. The SMILES string of the molecule is CCOc1cc(C[NH+]2CCc3c([nH]c4ccccc34)C2)ccc1OC. The van der Waals surface area contributed by atoms with Gasteiger partial charge in [0.05, 0.1) is 26.0 Å². The lowest BCUT2D eigenvalue weighted by molar-refractivity contribution is -0.929. The molecule has 4 rings (SSSR count). The fourth-order valence-corrected chi connectivity index (χ4v) is 3.87. The molecule has 0 amide bonds. The summed E-state index contributed by atoms with van der Waals surface area (Å²) in [6, 6.07) is 14.9. The van der Waals surface area contributed by atoms with Gasteiger partial charge in [0.1, 0.15) is 13.1 Å². The predicted octanol–water partition coefficient (Wildman–Crippen LogP) is 2.72. The Balaban J connectivity index is 1.53. The average Bonchev–Trinajstić information content (AvgIpc) is 3.00. The Kier molecular flexibility index (Phi) is 4.36. The van der Waals surface area contributed by atoms with Crippen molar-refractivity contribution in [3.8, 4) is 11.5 Å². The number of para-hydroxylation sites is 1. The lowest BCUT2D eigenvalue weighted by Crippen LogP contribution is -3.10. The van der Waals surface area contributed by atoms with Crippen molar-refractivity contribution in [2.24, 2.45) is 0 Å². The molecule has 2 N–H and O–H groups in total. The Bertz CT molecular complexity index is 885. The zero-order valence-corrected chi connectivity index (χ0v) is 14.9. The minimum atomic E-state index is 0.648. The van der Waals surface area contributed by atoms with Crippen molar-refractivity contribution in [3.05, 3.63) is 59.3 Å². The van der Waals surface area contributed by atoms with Crippen molar-refractivity contribution in [2.75, 3.05) is 20.3 Å². The number of aromatic amines is 1. The molecular formula is C21H25N2O2+. The van der Waals surface area contributed by atoms with Gasteiger partial charge in [-0.2, -0.15) is 0 Å². The van der Waals surface area contributed by atoms with Crippen molar-refractivity contribution in [2.45, 2.75) is 26.4 Å². The van der Waals surface area contributed by atoms with Gasteiger partial charge in [-0.15, -0.1) is 0 Å². The summed E-state index contributed by atoms with van der Waals surface area (Å²) < 4.78 is 11.1. The summed E-state index contributed by atoms with van der Waals surface area (Å²) in [7, 11) is 1.69.